The van der Waals surface area contributed by atoms with Gasteiger partial charge >= 0.3 is 6.18 Å². The van der Waals surface area contributed by atoms with Gasteiger partial charge in [-0.25, -0.2) is 18.2 Å². The summed E-state index contributed by atoms with van der Waals surface area (Å²) < 4.78 is 115. The van der Waals surface area contributed by atoms with Crippen LogP contribution in [-0.2, 0) is 36.3 Å². The van der Waals surface area contributed by atoms with Gasteiger partial charge in [-0.05, 0) is 61.2 Å². The fourth-order valence-corrected chi connectivity index (χ4v) is 7.68. The molecule has 0 spiro atoms. The summed E-state index contributed by atoms with van der Waals surface area (Å²) in [5.74, 6) is -8.81. The van der Waals surface area contributed by atoms with Crippen molar-refractivity contribution in [2.24, 2.45) is 5.73 Å². The normalized spacial score (nSPS) is 16.8. The average Bonchev–Trinajstić information content (AvgIpc) is 3.71. The number of fused-ring (bicyclic) bond motifs is 2. The number of anilines is 1. The molecule has 1 fully saturated rings. The Bertz CT molecular complexity index is 2280. The van der Waals surface area contributed by atoms with Gasteiger partial charge in [-0.2, -0.15) is 32.0 Å². The number of aliphatic hydroxyl groups is 1. The van der Waals surface area contributed by atoms with Crippen LogP contribution in [0, 0.1) is 17.5 Å². The van der Waals surface area contributed by atoms with Gasteiger partial charge in [0.15, 0.2) is 16.5 Å². The van der Waals surface area contributed by atoms with Crippen LogP contribution in [0.5, 0.6) is 0 Å². The van der Waals surface area contributed by atoms with E-state index in [-0.39, 0.29) is 41.1 Å². The molecule has 278 valence electrons. The van der Waals surface area contributed by atoms with Gasteiger partial charge < -0.3 is 21.1 Å². The highest BCUT2D eigenvalue weighted by Crippen LogP contribution is 2.46. The lowest BCUT2D eigenvalue weighted by atomic mass is 9.94. The SMILES string of the molecule is CC1(O)CN(c2nc3nc(C(Cc4cc(F)cc(F)c4)NC(=O)Cn4nc(C(F)(F)F)c5c4C(F)(F)CC5)c(-c4ccc(F)c(C(N)=O)c4)cc3s2)C1. The number of hydrogen-bond donors (Lipinski definition) is 3. The lowest BCUT2D eigenvalue weighted by molar-refractivity contribution is -0.142. The number of carbonyl (C=O) groups excluding carboxylic acids is 2. The van der Waals surface area contributed by atoms with E-state index in [0.717, 1.165) is 24.3 Å². The van der Waals surface area contributed by atoms with E-state index in [9.17, 15) is 49.8 Å². The molecule has 53 heavy (non-hydrogen) atoms. The Morgan fingerprint density at radius 2 is 1.75 bits per heavy atom. The standard InChI is InChI=1S/C34H27F8N7O3S/c1-32(52)13-48(14-32)31-46-30-24(53-31)11-20(16-2-3-22(37)21(9-16)29(43)51)26(45-30)23(8-15-6-17(35)10-18(36)7-15)44-25(50)12-49-28-19(4-5-33(28,38)39)27(47-49)34(40,41)42/h2-3,6-7,9-11,23,52H,4-5,8,12-14H2,1H3,(H2,43,51)(H,44,50). The van der Waals surface area contributed by atoms with Crippen LogP contribution in [0.1, 0.15) is 58.0 Å². The van der Waals surface area contributed by atoms with Crippen molar-refractivity contribution in [3.05, 3.63) is 93.7 Å². The Balaban J connectivity index is 1.35. The van der Waals surface area contributed by atoms with Crippen LogP contribution < -0.4 is 16.0 Å². The summed E-state index contributed by atoms with van der Waals surface area (Å²) in [6.07, 6.45) is -7.01. The van der Waals surface area contributed by atoms with Crippen LogP contribution in [0.3, 0.4) is 0 Å². The molecule has 3 aromatic heterocycles. The Hall–Kier alpha value is -5.17. The van der Waals surface area contributed by atoms with Crippen molar-refractivity contribution in [2.75, 3.05) is 18.0 Å². The smallest absolute Gasteiger partial charge is 0.386 e. The first-order valence-electron chi connectivity index (χ1n) is 16.0. The predicted molar refractivity (Wildman–Crippen MR) is 175 cm³/mol. The maximum atomic E-state index is 14.9. The third kappa shape index (κ3) is 7.01. The largest absolute Gasteiger partial charge is 0.435 e. The zero-order valence-electron chi connectivity index (χ0n) is 27.4. The quantitative estimate of drug-likeness (QED) is 0.161. The maximum Gasteiger partial charge on any atom is 0.435 e. The fraction of sp³-hybridized carbons (Fsp3) is 0.324. The Morgan fingerprint density at radius 1 is 1.06 bits per heavy atom. The molecule has 4 N–H and O–H groups in total. The number of amides is 2. The van der Waals surface area contributed by atoms with Gasteiger partial charge in [0.25, 0.3) is 11.8 Å². The topological polar surface area (TPSA) is 139 Å². The van der Waals surface area contributed by atoms with E-state index in [1.54, 1.807) is 17.9 Å². The molecule has 1 unspecified atom stereocenters. The van der Waals surface area contributed by atoms with E-state index >= 15 is 0 Å². The molecule has 0 saturated carbocycles. The Kier molecular flexibility index (Phi) is 8.71. The van der Waals surface area contributed by atoms with Gasteiger partial charge in [-0.1, -0.05) is 17.4 Å². The molecule has 1 aliphatic carbocycles. The zero-order chi connectivity index (χ0) is 38.2. The molecule has 0 radical (unpaired) electrons. The first-order chi connectivity index (χ1) is 24.8. The highest BCUT2D eigenvalue weighted by Gasteiger charge is 2.50. The molecule has 2 aliphatic rings. The molecule has 19 heteroatoms. The number of pyridine rings is 1. The summed E-state index contributed by atoms with van der Waals surface area (Å²) >= 11 is 1.18. The van der Waals surface area contributed by atoms with E-state index in [2.05, 4.69) is 20.4 Å². The van der Waals surface area contributed by atoms with Crippen molar-refractivity contribution in [3.63, 3.8) is 0 Å². The van der Waals surface area contributed by atoms with E-state index in [4.69, 9.17) is 5.73 Å². The van der Waals surface area contributed by atoms with Crippen molar-refractivity contribution in [1.82, 2.24) is 25.1 Å². The third-order valence-electron chi connectivity index (χ3n) is 8.95. The average molecular weight is 766 g/mol. The lowest BCUT2D eigenvalue weighted by Gasteiger charge is -2.43. The molecule has 7 rings (SSSR count). The Morgan fingerprint density at radius 3 is 2.40 bits per heavy atom. The summed E-state index contributed by atoms with van der Waals surface area (Å²) in [7, 11) is 0. The van der Waals surface area contributed by atoms with E-state index in [0.29, 0.717) is 20.6 Å². The van der Waals surface area contributed by atoms with Crippen LogP contribution in [-0.4, -0.2) is 55.4 Å². The molecule has 0 bridgehead atoms. The number of halogens is 8. The number of rotatable bonds is 9. The van der Waals surface area contributed by atoms with Crippen LogP contribution >= 0.6 is 11.3 Å². The molecular weight excluding hydrogens is 738 g/mol. The number of aromatic nitrogens is 4. The second-order valence-corrected chi connectivity index (χ2v) is 14.3. The Labute approximate surface area is 298 Å². The molecule has 10 nitrogen and oxygen atoms in total. The van der Waals surface area contributed by atoms with Crippen molar-refractivity contribution in [3.8, 4) is 11.1 Å². The van der Waals surface area contributed by atoms with Gasteiger partial charge in [-0.3, -0.25) is 14.3 Å². The summed E-state index contributed by atoms with van der Waals surface area (Å²) in [4.78, 5) is 36.8. The van der Waals surface area contributed by atoms with Crippen molar-refractivity contribution >= 4 is 38.6 Å². The minimum Gasteiger partial charge on any atom is -0.386 e. The van der Waals surface area contributed by atoms with Crippen molar-refractivity contribution < 1.29 is 49.8 Å². The predicted octanol–water partition coefficient (Wildman–Crippen LogP) is 5.80. The molecule has 2 amide bonds. The number of primary amides is 1. The van der Waals surface area contributed by atoms with Crippen molar-refractivity contribution in [2.45, 2.75) is 56.5 Å². The van der Waals surface area contributed by atoms with Gasteiger partial charge in [0.05, 0.1) is 40.7 Å². The third-order valence-corrected chi connectivity index (χ3v) is 10.0. The second-order valence-electron chi connectivity index (χ2n) is 13.3. The minimum absolute atomic E-state index is 0.00905. The molecule has 4 heterocycles. The van der Waals surface area contributed by atoms with Crippen molar-refractivity contribution in [1.29, 1.82) is 0 Å². The highest BCUT2D eigenvalue weighted by molar-refractivity contribution is 7.22. The van der Waals surface area contributed by atoms with E-state index in [1.807, 2.05) is 0 Å². The molecular formula is C34H27F8N7O3S. The number of carbonyl (C=O) groups is 2. The number of hydrogen-bond acceptors (Lipinski definition) is 8. The van der Waals surface area contributed by atoms with Crippen LogP contribution in [0.25, 0.3) is 21.5 Å². The van der Waals surface area contributed by atoms with Gasteiger partial charge in [0.2, 0.25) is 5.91 Å². The fourth-order valence-electron chi connectivity index (χ4n) is 6.74. The first-order valence-corrected chi connectivity index (χ1v) is 16.8. The van der Waals surface area contributed by atoms with Crippen LogP contribution in [0.4, 0.5) is 40.3 Å². The molecule has 2 aromatic carbocycles. The number of benzene rings is 2. The maximum absolute atomic E-state index is 14.9. The first kappa shape index (κ1) is 36.2. The van der Waals surface area contributed by atoms with E-state index < -0.39 is 101 Å². The molecule has 5 aromatic rings. The van der Waals surface area contributed by atoms with E-state index in [1.165, 1.54) is 17.4 Å². The monoisotopic (exact) mass is 765 g/mol. The summed E-state index contributed by atoms with van der Waals surface area (Å²) in [6, 6.07) is 6.12. The summed E-state index contributed by atoms with van der Waals surface area (Å²) in [6.45, 7) is 1.05. The molecule has 1 saturated heterocycles. The zero-order valence-corrected chi connectivity index (χ0v) is 28.2. The number of β-amino-alcohol motifs (C(OH)–C–C–N with tert-alkyl or cyclic N) is 1. The number of nitrogens with zero attached hydrogens (tertiary/aromatic N) is 5. The van der Waals surface area contributed by atoms with Gasteiger partial charge in [0.1, 0.15) is 29.7 Å². The second kappa shape index (κ2) is 12.8. The summed E-state index contributed by atoms with van der Waals surface area (Å²) in [5, 5.41) is 16.6. The summed E-state index contributed by atoms with van der Waals surface area (Å²) in [5.41, 5.74) is 1.03. The number of nitrogens with one attached hydrogen (secondary N) is 1. The van der Waals surface area contributed by atoms with Crippen LogP contribution in [0.2, 0.25) is 0 Å². The van der Waals surface area contributed by atoms with Gasteiger partial charge in [-0.15, -0.1) is 0 Å². The number of nitrogens with two attached hydrogens (primary N) is 1. The van der Waals surface area contributed by atoms with Crippen LogP contribution in [0.15, 0.2) is 42.5 Å². The number of thiazole rings is 1. The molecule has 1 atom stereocenters. The molecule has 1 aliphatic heterocycles. The minimum atomic E-state index is -5.08. The highest BCUT2D eigenvalue weighted by atomic mass is 32.1. The number of alkyl halides is 5. The lowest BCUT2D eigenvalue weighted by Crippen LogP contribution is -2.60. The van der Waals surface area contributed by atoms with Gasteiger partial charge in [0, 0.05) is 23.6 Å².